The maximum Gasteiger partial charge on any atom is 0.284 e. The maximum atomic E-state index is 13.2. The molecule has 3 aromatic rings. The maximum absolute atomic E-state index is 13.2. The highest BCUT2D eigenvalue weighted by Gasteiger charge is 2.19. The molecule has 1 aromatic heterocycles. The lowest BCUT2D eigenvalue weighted by atomic mass is 10.3. The lowest BCUT2D eigenvalue weighted by Crippen LogP contribution is -2.42. The molecule has 0 aliphatic carbocycles. The van der Waals surface area contributed by atoms with Crippen LogP contribution >= 0.6 is 0 Å². The second-order valence-corrected chi connectivity index (χ2v) is 6.97. The van der Waals surface area contributed by atoms with Crippen LogP contribution in [0.3, 0.4) is 0 Å². The Hall–Kier alpha value is -3.18. The number of halogens is 3. The number of carbonyl (C=O) groups excluding carboxylic acids is 1. The number of imidazole rings is 1. The fourth-order valence-corrected chi connectivity index (χ4v) is 3.07. The van der Waals surface area contributed by atoms with E-state index >= 15 is 0 Å². The number of hydrazine groups is 1. The Bertz CT molecular complexity index is 1080. The Morgan fingerprint density at radius 3 is 2.22 bits per heavy atom. The summed E-state index contributed by atoms with van der Waals surface area (Å²) in [6.45, 7) is 0. The molecule has 1 amide bonds. The van der Waals surface area contributed by atoms with Gasteiger partial charge in [-0.25, -0.2) is 26.6 Å². The average Bonchev–Trinajstić information content (AvgIpc) is 3.09. The molecule has 0 saturated carbocycles. The van der Waals surface area contributed by atoms with Crippen molar-refractivity contribution in [1.29, 1.82) is 0 Å². The van der Waals surface area contributed by atoms with Crippen LogP contribution in [0.25, 0.3) is 5.69 Å². The summed E-state index contributed by atoms with van der Waals surface area (Å²) in [4.78, 5) is 17.1. The summed E-state index contributed by atoms with van der Waals surface area (Å²) in [5.74, 6) is -3.54. The van der Waals surface area contributed by atoms with Crippen LogP contribution in [0, 0.1) is 17.5 Å². The minimum Gasteiger partial charge on any atom is -0.295 e. The van der Waals surface area contributed by atoms with Crippen molar-refractivity contribution in [3.8, 4) is 5.69 Å². The zero-order valence-corrected chi connectivity index (χ0v) is 14.2. The molecule has 3 rings (SSSR count). The number of nitrogens with zero attached hydrogens (tertiary/aromatic N) is 2. The van der Waals surface area contributed by atoms with Gasteiger partial charge in [-0.15, -0.1) is 4.83 Å². The summed E-state index contributed by atoms with van der Waals surface area (Å²) in [5.41, 5.74) is 2.28. The lowest BCUT2D eigenvalue weighted by molar-refractivity contribution is 0.0938. The molecule has 0 radical (unpaired) electrons. The molecular formula is C16H11F3N4O3S. The van der Waals surface area contributed by atoms with E-state index in [4.69, 9.17) is 0 Å². The first kappa shape index (κ1) is 18.6. The van der Waals surface area contributed by atoms with Crippen molar-refractivity contribution in [1.82, 2.24) is 19.8 Å². The molecule has 27 heavy (non-hydrogen) atoms. The van der Waals surface area contributed by atoms with Gasteiger partial charge in [0, 0.05) is 11.8 Å². The Kier molecular flexibility index (Phi) is 4.97. The number of hydrogen-bond donors (Lipinski definition) is 2. The van der Waals surface area contributed by atoms with Crippen LogP contribution in [0.15, 0.2) is 59.9 Å². The van der Waals surface area contributed by atoms with E-state index in [9.17, 15) is 26.4 Å². The Morgan fingerprint density at radius 2 is 1.59 bits per heavy atom. The van der Waals surface area contributed by atoms with E-state index in [1.54, 1.807) is 4.83 Å². The van der Waals surface area contributed by atoms with Crippen LogP contribution in [0.2, 0.25) is 0 Å². The second-order valence-electron chi connectivity index (χ2n) is 5.29. The molecule has 1 heterocycles. The molecule has 0 unspecified atom stereocenters. The van der Waals surface area contributed by atoms with E-state index in [2.05, 4.69) is 4.98 Å². The number of benzene rings is 2. The summed E-state index contributed by atoms with van der Waals surface area (Å²) in [5, 5.41) is 0. The average molecular weight is 396 g/mol. The van der Waals surface area contributed by atoms with Gasteiger partial charge in [-0.2, -0.15) is 0 Å². The van der Waals surface area contributed by atoms with Gasteiger partial charge >= 0.3 is 0 Å². The quantitative estimate of drug-likeness (QED) is 0.645. The Morgan fingerprint density at radius 1 is 0.963 bits per heavy atom. The molecule has 11 heteroatoms. The zero-order valence-electron chi connectivity index (χ0n) is 13.4. The van der Waals surface area contributed by atoms with Gasteiger partial charge in [0.05, 0.1) is 17.4 Å². The van der Waals surface area contributed by atoms with E-state index in [-0.39, 0.29) is 5.69 Å². The summed E-state index contributed by atoms with van der Waals surface area (Å²) in [6, 6.07) is 6.86. The highest BCUT2D eigenvalue weighted by Crippen LogP contribution is 2.14. The Labute approximate surface area is 151 Å². The molecule has 0 fully saturated rings. The highest BCUT2D eigenvalue weighted by atomic mass is 32.2. The first-order valence-electron chi connectivity index (χ1n) is 7.33. The number of amides is 1. The monoisotopic (exact) mass is 396 g/mol. The van der Waals surface area contributed by atoms with Crippen LogP contribution in [0.4, 0.5) is 13.2 Å². The molecule has 0 aliphatic rings. The standard InChI is InChI=1S/C16H11F3N4O3S/c17-10-1-3-13(4-2-10)23-9-20-8-15(23)16(24)21-22-27(25,26)14-6-11(18)5-12(19)7-14/h1-9,22H,(H,21,24). The van der Waals surface area contributed by atoms with Gasteiger partial charge in [0.1, 0.15) is 23.1 Å². The summed E-state index contributed by atoms with van der Waals surface area (Å²) in [7, 11) is -4.42. The van der Waals surface area contributed by atoms with Gasteiger partial charge in [0.15, 0.2) is 0 Å². The summed E-state index contributed by atoms with van der Waals surface area (Å²) >= 11 is 0. The van der Waals surface area contributed by atoms with Gasteiger partial charge in [0.25, 0.3) is 15.9 Å². The van der Waals surface area contributed by atoms with Crippen molar-refractivity contribution in [2.45, 2.75) is 4.90 Å². The van der Waals surface area contributed by atoms with E-state index in [1.165, 1.54) is 35.2 Å². The van der Waals surface area contributed by atoms with Crippen molar-refractivity contribution in [2.75, 3.05) is 0 Å². The van der Waals surface area contributed by atoms with Crippen LogP contribution in [-0.4, -0.2) is 23.9 Å². The number of aromatic nitrogens is 2. The lowest BCUT2D eigenvalue weighted by Gasteiger charge is -2.10. The molecule has 0 spiro atoms. The molecule has 2 aromatic carbocycles. The van der Waals surface area contributed by atoms with E-state index in [1.807, 2.05) is 5.43 Å². The minimum absolute atomic E-state index is 0.0604. The first-order valence-corrected chi connectivity index (χ1v) is 8.81. The van der Waals surface area contributed by atoms with Gasteiger partial charge in [0.2, 0.25) is 0 Å². The van der Waals surface area contributed by atoms with Gasteiger partial charge in [-0.3, -0.25) is 14.8 Å². The van der Waals surface area contributed by atoms with Gasteiger partial charge < -0.3 is 0 Å². The number of nitrogens with one attached hydrogen (secondary N) is 2. The minimum atomic E-state index is -4.42. The van der Waals surface area contributed by atoms with E-state index in [0.29, 0.717) is 23.9 Å². The summed E-state index contributed by atoms with van der Waals surface area (Å²) in [6.07, 6.45) is 2.44. The molecule has 0 aliphatic heterocycles. The van der Waals surface area contributed by atoms with Crippen molar-refractivity contribution in [3.63, 3.8) is 0 Å². The van der Waals surface area contributed by atoms with Crippen molar-refractivity contribution < 1.29 is 26.4 Å². The first-order chi connectivity index (χ1) is 12.8. The van der Waals surface area contributed by atoms with E-state index < -0.39 is 38.3 Å². The van der Waals surface area contributed by atoms with Crippen LogP contribution in [-0.2, 0) is 10.0 Å². The zero-order chi connectivity index (χ0) is 19.6. The third-order valence-corrected chi connectivity index (χ3v) is 4.65. The third kappa shape index (κ3) is 4.15. The molecule has 2 N–H and O–H groups in total. The third-order valence-electron chi connectivity index (χ3n) is 3.42. The van der Waals surface area contributed by atoms with Crippen LogP contribution in [0.1, 0.15) is 10.5 Å². The summed E-state index contributed by atoms with van der Waals surface area (Å²) < 4.78 is 64.9. The van der Waals surface area contributed by atoms with Crippen LogP contribution in [0.5, 0.6) is 0 Å². The van der Waals surface area contributed by atoms with Crippen molar-refractivity contribution in [3.05, 3.63) is 78.1 Å². The van der Waals surface area contributed by atoms with Crippen molar-refractivity contribution >= 4 is 15.9 Å². The fourth-order valence-electron chi connectivity index (χ4n) is 2.19. The van der Waals surface area contributed by atoms with E-state index in [0.717, 1.165) is 6.20 Å². The topological polar surface area (TPSA) is 93.1 Å². The molecule has 0 saturated heterocycles. The number of hydrogen-bond acceptors (Lipinski definition) is 4. The predicted octanol–water partition coefficient (Wildman–Crippen LogP) is 1.91. The smallest absolute Gasteiger partial charge is 0.284 e. The molecule has 0 atom stereocenters. The van der Waals surface area contributed by atoms with Gasteiger partial charge in [-0.05, 0) is 36.4 Å². The second kappa shape index (κ2) is 7.21. The number of sulfonamides is 1. The molecule has 140 valence electrons. The number of carbonyl (C=O) groups is 1. The fraction of sp³-hybridized carbons (Fsp3) is 0. The molecular weight excluding hydrogens is 385 g/mol. The van der Waals surface area contributed by atoms with Crippen molar-refractivity contribution in [2.24, 2.45) is 0 Å². The number of rotatable bonds is 5. The Balaban J connectivity index is 1.79. The largest absolute Gasteiger partial charge is 0.295 e. The normalized spacial score (nSPS) is 11.4. The highest BCUT2D eigenvalue weighted by molar-refractivity contribution is 7.89. The SMILES string of the molecule is O=C(NNS(=O)(=O)c1cc(F)cc(F)c1)c1cncn1-c1ccc(F)cc1. The van der Waals surface area contributed by atoms with Gasteiger partial charge in [-0.1, -0.05) is 0 Å². The molecule has 7 nitrogen and oxygen atoms in total. The molecule has 0 bridgehead atoms. The predicted molar refractivity (Wildman–Crippen MR) is 87.7 cm³/mol. The van der Waals surface area contributed by atoms with Crippen LogP contribution < -0.4 is 10.3 Å².